The van der Waals surface area contributed by atoms with E-state index in [9.17, 15) is 4.79 Å². The van der Waals surface area contributed by atoms with Gasteiger partial charge in [-0.1, -0.05) is 5.57 Å². The second kappa shape index (κ2) is 8.09. The van der Waals surface area contributed by atoms with Gasteiger partial charge >= 0.3 is 5.97 Å². The maximum Gasteiger partial charge on any atom is 0.315 e. The van der Waals surface area contributed by atoms with Crippen LogP contribution in [-0.4, -0.2) is 43.9 Å². The number of hydrogen-bond acceptors (Lipinski definition) is 6. The minimum atomic E-state index is -0.208. The van der Waals surface area contributed by atoms with E-state index in [0.29, 0.717) is 12.4 Å². The van der Waals surface area contributed by atoms with Crippen LogP contribution in [0.1, 0.15) is 28.8 Å². The number of thiophene rings is 1. The third kappa shape index (κ3) is 3.93. The van der Waals surface area contributed by atoms with E-state index in [0.717, 1.165) is 42.1 Å². The number of esters is 1. The minimum absolute atomic E-state index is 0.208. The number of piperidine rings is 1. The lowest BCUT2D eigenvalue weighted by atomic mass is 9.91. The molecule has 1 fully saturated rings. The number of methoxy groups -OCH3 is 1. The molecule has 0 amide bonds. The zero-order valence-corrected chi connectivity index (χ0v) is 17.3. The number of carbonyl (C=O) groups excluding carboxylic acids is 1. The molecule has 2 aromatic rings. The summed E-state index contributed by atoms with van der Waals surface area (Å²) in [7, 11) is 3.61. The van der Waals surface area contributed by atoms with Crippen LogP contribution < -0.4 is 4.74 Å². The van der Waals surface area contributed by atoms with E-state index in [4.69, 9.17) is 9.47 Å². The molecule has 0 aliphatic carbocycles. The number of carbonyl (C=O) groups is 1. The fourth-order valence-electron chi connectivity index (χ4n) is 3.56. The smallest absolute Gasteiger partial charge is 0.315 e. The van der Waals surface area contributed by atoms with Gasteiger partial charge in [-0.05, 0) is 49.5 Å². The van der Waals surface area contributed by atoms with E-state index in [1.807, 2.05) is 12.1 Å². The number of rotatable bonds is 3. The van der Waals surface area contributed by atoms with Crippen molar-refractivity contribution >= 4 is 34.6 Å². The summed E-state index contributed by atoms with van der Waals surface area (Å²) in [6.07, 6.45) is 2.17. The average Bonchev–Trinajstić information content (AvgIpc) is 3.09. The SMILES string of the molecule is COC(=O)CSc1ccc2c(c1)C(=C1CCN(C)CC1)c1sccc1CO2. The molecule has 27 heavy (non-hydrogen) atoms. The van der Waals surface area contributed by atoms with Gasteiger partial charge in [0.25, 0.3) is 0 Å². The zero-order chi connectivity index (χ0) is 18.8. The Labute approximate surface area is 168 Å². The molecule has 0 bridgehead atoms. The van der Waals surface area contributed by atoms with Gasteiger partial charge in [0.1, 0.15) is 12.4 Å². The Hall–Kier alpha value is -1.76. The molecule has 1 saturated heterocycles. The van der Waals surface area contributed by atoms with Crippen molar-refractivity contribution in [1.82, 2.24) is 4.90 Å². The van der Waals surface area contributed by atoms with Gasteiger partial charge in [-0.15, -0.1) is 23.1 Å². The topological polar surface area (TPSA) is 38.8 Å². The van der Waals surface area contributed by atoms with Crippen molar-refractivity contribution in [3.05, 3.63) is 51.2 Å². The summed E-state index contributed by atoms with van der Waals surface area (Å²) >= 11 is 3.31. The lowest BCUT2D eigenvalue weighted by molar-refractivity contribution is -0.137. The van der Waals surface area contributed by atoms with Gasteiger partial charge in [0.15, 0.2) is 0 Å². The van der Waals surface area contributed by atoms with Crippen molar-refractivity contribution < 1.29 is 14.3 Å². The molecule has 0 spiro atoms. The predicted octanol–water partition coefficient (Wildman–Crippen LogP) is 4.43. The maximum atomic E-state index is 11.5. The molecule has 0 saturated carbocycles. The highest BCUT2D eigenvalue weighted by Gasteiger charge is 2.25. The van der Waals surface area contributed by atoms with Crippen LogP contribution in [0.2, 0.25) is 0 Å². The monoisotopic (exact) mass is 401 g/mol. The molecule has 2 aliphatic heterocycles. The van der Waals surface area contributed by atoms with Crippen LogP contribution in [0.4, 0.5) is 0 Å². The number of benzene rings is 1. The fourth-order valence-corrected chi connectivity index (χ4v) is 5.34. The summed E-state index contributed by atoms with van der Waals surface area (Å²) < 4.78 is 10.9. The molecule has 6 heteroatoms. The Bertz CT molecular complexity index is 877. The van der Waals surface area contributed by atoms with Gasteiger partial charge in [0.2, 0.25) is 0 Å². The van der Waals surface area contributed by atoms with Crippen molar-refractivity contribution in [3.8, 4) is 5.75 Å². The van der Waals surface area contributed by atoms with Gasteiger partial charge in [-0.25, -0.2) is 0 Å². The maximum absolute atomic E-state index is 11.5. The number of hydrogen-bond donors (Lipinski definition) is 0. The standard InChI is InChI=1S/C21H23NO3S2/c1-22-8-5-14(6-9-22)20-17-11-16(27-13-19(23)24-2)3-4-18(17)25-12-15-7-10-26-21(15)20/h3-4,7,10-11H,5-6,8-9,12-13H2,1-2H3. The van der Waals surface area contributed by atoms with E-state index < -0.39 is 0 Å². The second-order valence-corrected chi connectivity index (χ2v) is 8.83. The predicted molar refractivity (Wildman–Crippen MR) is 111 cm³/mol. The highest BCUT2D eigenvalue weighted by atomic mass is 32.2. The molecule has 0 atom stereocenters. The first-order chi connectivity index (χ1) is 13.2. The van der Waals surface area contributed by atoms with Crippen LogP contribution in [0.25, 0.3) is 5.57 Å². The zero-order valence-electron chi connectivity index (χ0n) is 15.6. The van der Waals surface area contributed by atoms with Gasteiger partial charge in [-0.3, -0.25) is 4.79 Å². The minimum Gasteiger partial charge on any atom is -0.488 e. The number of fused-ring (bicyclic) bond motifs is 2. The van der Waals surface area contributed by atoms with Gasteiger partial charge in [-0.2, -0.15) is 0 Å². The van der Waals surface area contributed by atoms with Crippen molar-refractivity contribution in [3.63, 3.8) is 0 Å². The Morgan fingerprint density at radius 1 is 1.30 bits per heavy atom. The number of ether oxygens (including phenoxy) is 2. The number of thioether (sulfide) groups is 1. The van der Waals surface area contributed by atoms with E-state index in [1.165, 1.54) is 40.5 Å². The number of nitrogens with zero attached hydrogens (tertiary/aromatic N) is 1. The first-order valence-corrected chi connectivity index (χ1v) is 11.0. The van der Waals surface area contributed by atoms with Gasteiger partial charge in [0.05, 0.1) is 12.9 Å². The summed E-state index contributed by atoms with van der Waals surface area (Å²) in [5.41, 5.74) is 5.28. The summed E-state index contributed by atoms with van der Waals surface area (Å²) in [5, 5.41) is 2.16. The molecule has 1 aromatic carbocycles. The first kappa shape index (κ1) is 18.6. The molecular weight excluding hydrogens is 378 g/mol. The molecule has 0 unspecified atom stereocenters. The van der Waals surface area contributed by atoms with E-state index >= 15 is 0 Å². The Morgan fingerprint density at radius 3 is 2.89 bits per heavy atom. The third-order valence-electron chi connectivity index (χ3n) is 5.11. The van der Waals surface area contributed by atoms with Crippen molar-refractivity contribution in [1.29, 1.82) is 0 Å². The van der Waals surface area contributed by atoms with Crippen molar-refractivity contribution in [2.45, 2.75) is 24.3 Å². The molecule has 2 aliphatic rings. The summed E-state index contributed by atoms with van der Waals surface area (Å²) in [4.78, 5) is 16.3. The van der Waals surface area contributed by atoms with Crippen LogP contribution in [0, 0.1) is 0 Å². The third-order valence-corrected chi connectivity index (χ3v) is 7.05. The Balaban J connectivity index is 1.77. The van der Waals surface area contributed by atoms with Gasteiger partial charge in [0, 0.05) is 39.6 Å². The normalized spacial score (nSPS) is 17.0. The van der Waals surface area contributed by atoms with Crippen LogP contribution >= 0.6 is 23.1 Å². The first-order valence-electron chi connectivity index (χ1n) is 9.10. The largest absolute Gasteiger partial charge is 0.488 e. The summed E-state index contributed by atoms with van der Waals surface area (Å²) in [6.45, 7) is 2.79. The molecule has 1 aromatic heterocycles. The lowest BCUT2D eigenvalue weighted by Crippen LogP contribution is -2.26. The van der Waals surface area contributed by atoms with Crippen molar-refractivity contribution in [2.24, 2.45) is 0 Å². The molecule has 0 radical (unpaired) electrons. The fraction of sp³-hybridized carbons (Fsp3) is 0.381. The summed E-state index contributed by atoms with van der Waals surface area (Å²) in [5.74, 6) is 1.04. The van der Waals surface area contributed by atoms with Crippen molar-refractivity contribution in [2.75, 3.05) is 33.0 Å². The van der Waals surface area contributed by atoms with Gasteiger partial charge < -0.3 is 14.4 Å². The quantitative estimate of drug-likeness (QED) is 0.562. The molecule has 142 valence electrons. The van der Waals surface area contributed by atoms with E-state index in [2.05, 4.69) is 29.5 Å². The van der Waals surface area contributed by atoms with Crippen LogP contribution in [-0.2, 0) is 16.1 Å². The second-order valence-electron chi connectivity index (χ2n) is 6.87. The van der Waals surface area contributed by atoms with E-state index in [1.54, 1.807) is 11.3 Å². The highest BCUT2D eigenvalue weighted by Crippen LogP contribution is 2.44. The van der Waals surface area contributed by atoms with Crippen LogP contribution in [0.3, 0.4) is 0 Å². The highest BCUT2D eigenvalue weighted by molar-refractivity contribution is 8.00. The molecular formula is C21H23NO3S2. The van der Waals surface area contributed by atoms with E-state index in [-0.39, 0.29) is 5.97 Å². The number of likely N-dealkylation sites (tertiary alicyclic amines) is 1. The lowest BCUT2D eigenvalue weighted by Gasteiger charge is -2.26. The van der Waals surface area contributed by atoms with Crippen LogP contribution in [0.5, 0.6) is 5.75 Å². The Kier molecular flexibility index (Phi) is 5.57. The molecule has 4 rings (SSSR count). The molecule has 4 nitrogen and oxygen atoms in total. The molecule has 3 heterocycles. The average molecular weight is 402 g/mol. The Morgan fingerprint density at radius 2 is 2.11 bits per heavy atom. The molecule has 0 N–H and O–H groups in total. The summed E-state index contributed by atoms with van der Waals surface area (Å²) in [6, 6.07) is 8.43. The van der Waals surface area contributed by atoms with Crippen LogP contribution in [0.15, 0.2) is 40.1 Å².